The summed E-state index contributed by atoms with van der Waals surface area (Å²) in [6, 6.07) is 9.42. The van der Waals surface area contributed by atoms with E-state index in [1.807, 2.05) is 56.0 Å². The summed E-state index contributed by atoms with van der Waals surface area (Å²) in [6.45, 7) is 7.13. The van der Waals surface area contributed by atoms with Crippen molar-refractivity contribution in [3.05, 3.63) is 36.1 Å². The van der Waals surface area contributed by atoms with Gasteiger partial charge in [-0.25, -0.2) is 4.79 Å². The topological polar surface area (TPSA) is 74.6 Å². The smallest absolute Gasteiger partial charge is 0.315 e. The van der Waals surface area contributed by atoms with E-state index in [0.29, 0.717) is 13.1 Å². The maximum Gasteiger partial charge on any atom is 0.315 e. The molecule has 0 bridgehead atoms. The number of para-hydroxylation sites is 1. The standard InChI is InChI=1S/C20H27N3O3/c1-13(2)19(24)23-10-8-16(9-11-23)22-20(25)21-14(3)18-12-15-6-4-5-7-17(15)26-18/h4-7,12-14,16H,8-11H2,1-3H3,(H2,21,22,25)/t14-/m1/s1. The highest BCUT2D eigenvalue weighted by atomic mass is 16.3. The Morgan fingerprint density at radius 2 is 1.85 bits per heavy atom. The lowest BCUT2D eigenvalue weighted by Gasteiger charge is -2.33. The number of fused-ring (bicyclic) bond motifs is 1. The van der Waals surface area contributed by atoms with Gasteiger partial charge < -0.3 is 20.0 Å². The van der Waals surface area contributed by atoms with Gasteiger partial charge in [0.25, 0.3) is 0 Å². The van der Waals surface area contributed by atoms with Gasteiger partial charge in [0.05, 0.1) is 6.04 Å². The molecule has 1 aromatic heterocycles. The van der Waals surface area contributed by atoms with Crippen molar-refractivity contribution in [3.63, 3.8) is 0 Å². The van der Waals surface area contributed by atoms with Gasteiger partial charge in [0.1, 0.15) is 11.3 Å². The van der Waals surface area contributed by atoms with E-state index in [1.165, 1.54) is 0 Å². The first-order valence-electron chi connectivity index (χ1n) is 9.28. The predicted octanol–water partition coefficient (Wildman–Crippen LogP) is 3.44. The summed E-state index contributed by atoms with van der Waals surface area (Å²) in [5, 5.41) is 6.97. The van der Waals surface area contributed by atoms with E-state index in [1.54, 1.807) is 0 Å². The number of piperidine rings is 1. The molecule has 1 aromatic carbocycles. The number of carbonyl (C=O) groups excluding carboxylic acids is 2. The maximum absolute atomic E-state index is 12.3. The van der Waals surface area contributed by atoms with Gasteiger partial charge in [-0.15, -0.1) is 0 Å². The Bertz CT molecular complexity index is 742. The Hall–Kier alpha value is -2.50. The Labute approximate surface area is 153 Å². The number of amides is 3. The quantitative estimate of drug-likeness (QED) is 0.880. The van der Waals surface area contributed by atoms with Crippen molar-refractivity contribution in [1.29, 1.82) is 0 Å². The predicted molar refractivity (Wildman–Crippen MR) is 101 cm³/mol. The van der Waals surface area contributed by atoms with Gasteiger partial charge >= 0.3 is 6.03 Å². The molecule has 3 amide bonds. The summed E-state index contributed by atoms with van der Waals surface area (Å²) in [7, 11) is 0. The van der Waals surface area contributed by atoms with Gasteiger partial charge in [-0.05, 0) is 31.9 Å². The number of nitrogens with zero attached hydrogens (tertiary/aromatic N) is 1. The molecular formula is C20H27N3O3. The number of hydrogen-bond donors (Lipinski definition) is 2. The Morgan fingerprint density at radius 1 is 1.15 bits per heavy atom. The number of furan rings is 1. The van der Waals surface area contributed by atoms with Crippen molar-refractivity contribution in [3.8, 4) is 0 Å². The largest absolute Gasteiger partial charge is 0.459 e. The summed E-state index contributed by atoms with van der Waals surface area (Å²) < 4.78 is 5.80. The van der Waals surface area contributed by atoms with Gasteiger partial charge in [-0.3, -0.25) is 4.79 Å². The van der Waals surface area contributed by atoms with Crippen molar-refractivity contribution in [2.45, 2.75) is 45.7 Å². The van der Waals surface area contributed by atoms with E-state index in [2.05, 4.69) is 10.6 Å². The van der Waals surface area contributed by atoms with Crippen LogP contribution in [0.15, 0.2) is 34.7 Å². The second-order valence-corrected chi connectivity index (χ2v) is 7.28. The molecule has 0 unspecified atom stereocenters. The molecule has 0 aliphatic carbocycles. The van der Waals surface area contributed by atoms with E-state index in [-0.39, 0.29) is 29.9 Å². The number of urea groups is 1. The molecule has 1 atom stereocenters. The molecule has 2 aromatic rings. The van der Waals surface area contributed by atoms with Crippen molar-refractivity contribution < 1.29 is 14.0 Å². The summed E-state index contributed by atoms with van der Waals surface area (Å²) in [4.78, 5) is 26.2. The van der Waals surface area contributed by atoms with Crippen molar-refractivity contribution >= 4 is 22.9 Å². The average molecular weight is 357 g/mol. The Morgan fingerprint density at radius 3 is 2.50 bits per heavy atom. The monoisotopic (exact) mass is 357 g/mol. The Balaban J connectivity index is 1.49. The fourth-order valence-electron chi connectivity index (χ4n) is 3.32. The highest BCUT2D eigenvalue weighted by molar-refractivity contribution is 5.79. The molecule has 0 radical (unpaired) electrons. The zero-order valence-electron chi connectivity index (χ0n) is 15.6. The minimum atomic E-state index is -0.218. The van der Waals surface area contributed by atoms with Gasteiger partial charge in [-0.1, -0.05) is 32.0 Å². The van der Waals surface area contributed by atoms with Crippen LogP contribution in [0.3, 0.4) is 0 Å². The van der Waals surface area contributed by atoms with Gasteiger partial charge in [-0.2, -0.15) is 0 Å². The van der Waals surface area contributed by atoms with E-state index in [9.17, 15) is 9.59 Å². The van der Waals surface area contributed by atoms with Crippen molar-refractivity contribution in [2.24, 2.45) is 5.92 Å². The maximum atomic E-state index is 12.3. The van der Waals surface area contributed by atoms with Crippen LogP contribution in [0.25, 0.3) is 11.0 Å². The summed E-state index contributed by atoms with van der Waals surface area (Å²) in [5.41, 5.74) is 0.818. The molecular weight excluding hydrogens is 330 g/mol. The molecule has 2 heterocycles. The first-order valence-corrected chi connectivity index (χ1v) is 9.28. The lowest BCUT2D eigenvalue weighted by Crippen LogP contribution is -2.50. The van der Waals surface area contributed by atoms with Crippen LogP contribution in [-0.2, 0) is 4.79 Å². The van der Waals surface area contributed by atoms with Crippen molar-refractivity contribution in [2.75, 3.05) is 13.1 Å². The number of hydrogen-bond acceptors (Lipinski definition) is 3. The second kappa shape index (κ2) is 7.81. The van der Waals surface area contributed by atoms with Crippen LogP contribution in [0.4, 0.5) is 4.79 Å². The molecule has 0 saturated carbocycles. The number of nitrogens with one attached hydrogen (secondary N) is 2. The van der Waals surface area contributed by atoms with E-state index in [4.69, 9.17) is 4.42 Å². The summed E-state index contributed by atoms with van der Waals surface area (Å²) in [6.07, 6.45) is 1.57. The third-order valence-electron chi connectivity index (χ3n) is 4.85. The number of carbonyl (C=O) groups is 2. The number of likely N-dealkylation sites (tertiary alicyclic amines) is 1. The molecule has 6 heteroatoms. The lowest BCUT2D eigenvalue weighted by molar-refractivity contribution is -0.135. The molecule has 26 heavy (non-hydrogen) atoms. The first-order chi connectivity index (χ1) is 12.4. The zero-order chi connectivity index (χ0) is 18.7. The third-order valence-corrected chi connectivity index (χ3v) is 4.85. The zero-order valence-corrected chi connectivity index (χ0v) is 15.6. The highest BCUT2D eigenvalue weighted by Crippen LogP contribution is 2.23. The highest BCUT2D eigenvalue weighted by Gasteiger charge is 2.25. The first kappa shape index (κ1) is 18.3. The van der Waals surface area contributed by atoms with Gasteiger partial charge in [0.15, 0.2) is 0 Å². The van der Waals surface area contributed by atoms with E-state index < -0.39 is 0 Å². The third kappa shape index (κ3) is 4.18. The molecule has 0 spiro atoms. The molecule has 6 nitrogen and oxygen atoms in total. The second-order valence-electron chi connectivity index (χ2n) is 7.28. The van der Waals surface area contributed by atoms with Gasteiger partial charge in [0, 0.05) is 30.4 Å². The van der Waals surface area contributed by atoms with Gasteiger partial charge in [0.2, 0.25) is 5.91 Å². The molecule has 1 aliphatic heterocycles. The Kier molecular flexibility index (Phi) is 5.49. The molecule has 3 rings (SSSR count). The average Bonchev–Trinajstić information content (AvgIpc) is 3.06. The minimum absolute atomic E-state index is 0.0208. The lowest BCUT2D eigenvalue weighted by atomic mass is 10.0. The molecule has 1 aliphatic rings. The van der Waals surface area contributed by atoms with E-state index >= 15 is 0 Å². The molecule has 1 saturated heterocycles. The van der Waals surface area contributed by atoms with Crippen LogP contribution in [0.2, 0.25) is 0 Å². The van der Waals surface area contributed by atoms with Crippen LogP contribution in [0.1, 0.15) is 45.4 Å². The minimum Gasteiger partial charge on any atom is -0.459 e. The van der Waals surface area contributed by atoms with Crippen LogP contribution in [0, 0.1) is 5.92 Å². The number of benzene rings is 1. The normalized spacial score (nSPS) is 16.7. The molecule has 140 valence electrons. The summed E-state index contributed by atoms with van der Waals surface area (Å²) >= 11 is 0. The van der Waals surface area contributed by atoms with Crippen LogP contribution in [-0.4, -0.2) is 36.0 Å². The van der Waals surface area contributed by atoms with Crippen LogP contribution >= 0.6 is 0 Å². The molecule has 1 fully saturated rings. The van der Waals surface area contributed by atoms with Crippen molar-refractivity contribution in [1.82, 2.24) is 15.5 Å². The number of rotatable bonds is 4. The van der Waals surface area contributed by atoms with Crippen LogP contribution < -0.4 is 10.6 Å². The fourth-order valence-corrected chi connectivity index (χ4v) is 3.32. The van der Waals surface area contributed by atoms with Crippen LogP contribution in [0.5, 0.6) is 0 Å². The molecule has 2 N–H and O–H groups in total. The van der Waals surface area contributed by atoms with E-state index in [0.717, 1.165) is 29.6 Å². The summed E-state index contributed by atoms with van der Waals surface area (Å²) in [5.74, 6) is 0.942. The SMILES string of the molecule is CC(C)C(=O)N1CCC(NC(=O)N[C@H](C)c2cc3ccccc3o2)CC1. The fraction of sp³-hybridized carbons (Fsp3) is 0.500.